The second kappa shape index (κ2) is 23.9. The normalized spacial score (nSPS) is 13.3. The molecule has 2 heterocycles. The van der Waals surface area contributed by atoms with Crippen molar-refractivity contribution in [2.75, 3.05) is 0 Å². The Morgan fingerprint density at radius 1 is 0.256 bits per heavy atom. The smallest absolute Gasteiger partial charge is 0.262 e. The molecule has 0 spiro atoms. The maximum Gasteiger partial charge on any atom is 0.262 e. The highest BCUT2D eigenvalue weighted by molar-refractivity contribution is 6.44. The lowest BCUT2D eigenvalue weighted by atomic mass is 9.83. The van der Waals surface area contributed by atoms with Gasteiger partial charge in [-0.1, -0.05) is 254 Å². The van der Waals surface area contributed by atoms with Crippen LogP contribution in [0.25, 0.3) is 108 Å². The van der Waals surface area contributed by atoms with Crippen LogP contribution in [-0.4, -0.2) is 9.13 Å². The Kier molecular flexibility index (Phi) is 16.4. The minimum Gasteiger partial charge on any atom is -0.271 e. The summed E-state index contributed by atoms with van der Waals surface area (Å²) in [5.41, 5.74) is -0.604. The van der Waals surface area contributed by atoms with Gasteiger partial charge in [0.2, 0.25) is 0 Å². The lowest BCUT2D eigenvalue weighted by Gasteiger charge is -2.19. The molecule has 2 aromatic heterocycles. The van der Waals surface area contributed by atoms with Crippen molar-refractivity contribution in [3.05, 3.63) is 138 Å². The van der Waals surface area contributed by atoms with Gasteiger partial charge in [-0.3, -0.25) is 28.3 Å². The molecular weight excluding hydrogens is 957 g/mol. The second-order valence-electron chi connectivity index (χ2n) is 23.5. The number of hydrogen-bond donors (Lipinski definition) is 0. The van der Waals surface area contributed by atoms with Gasteiger partial charge in [-0.2, -0.15) is 0 Å². The van der Waals surface area contributed by atoms with Gasteiger partial charge in [0.1, 0.15) is 0 Å². The maximum atomic E-state index is 15.6. The van der Waals surface area contributed by atoms with Crippen LogP contribution in [0.1, 0.15) is 207 Å². The van der Waals surface area contributed by atoms with Crippen molar-refractivity contribution < 1.29 is 0 Å². The third-order valence-corrected chi connectivity index (χ3v) is 18.4. The summed E-state index contributed by atoms with van der Waals surface area (Å²) in [5.74, 6) is 0. The van der Waals surface area contributed by atoms with Gasteiger partial charge in [0.05, 0.1) is 21.5 Å². The molecule has 0 radical (unpaired) electrons. The zero-order chi connectivity index (χ0) is 53.9. The zero-order valence-corrected chi connectivity index (χ0v) is 47.3. The Morgan fingerprint density at radius 2 is 0.513 bits per heavy atom. The Hall–Kier alpha value is -6.40. The molecular formula is C72H82N2O4. The quantitative estimate of drug-likeness (QED) is 0.0278. The van der Waals surface area contributed by atoms with Crippen molar-refractivity contribution >= 4 is 108 Å². The molecule has 404 valence electrons. The van der Waals surface area contributed by atoms with Gasteiger partial charge >= 0.3 is 0 Å². The van der Waals surface area contributed by atoms with Crippen molar-refractivity contribution in [1.82, 2.24) is 9.13 Å². The molecule has 0 fully saturated rings. The molecule has 9 aromatic carbocycles. The van der Waals surface area contributed by atoms with Crippen LogP contribution >= 0.6 is 0 Å². The van der Waals surface area contributed by atoms with Gasteiger partial charge in [-0.15, -0.1) is 0 Å². The zero-order valence-electron chi connectivity index (χ0n) is 47.3. The number of benzene rings is 9. The van der Waals surface area contributed by atoms with Crippen LogP contribution in [0.4, 0.5) is 0 Å². The molecule has 0 saturated heterocycles. The lowest BCUT2D eigenvalue weighted by molar-refractivity contribution is 0.384. The fourth-order valence-electron chi connectivity index (χ4n) is 14.5. The van der Waals surface area contributed by atoms with Crippen LogP contribution in [0.3, 0.4) is 0 Å². The topological polar surface area (TPSA) is 78.1 Å². The molecule has 0 amide bonds. The average molecular weight is 1040 g/mol. The summed E-state index contributed by atoms with van der Waals surface area (Å²) in [6, 6.07) is 33.7. The van der Waals surface area contributed by atoms with E-state index in [-0.39, 0.29) is 34.3 Å². The van der Waals surface area contributed by atoms with E-state index in [0.29, 0.717) is 21.5 Å². The van der Waals surface area contributed by atoms with E-state index in [1.54, 1.807) is 9.13 Å². The van der Waals surface area contributed by atoms with E-state index in [2.05, 4.69) is 100 Å². The molecule has 2 atom stereocenters. The van der Waals surface area contributed by atoms with Crippen LogP contribution < -0.4 is 22.2 Å². The Bertz CT molecular complexity index is 3900. The molecule has 78 heavy (non-hydrogen) atoms. The van der Waals surface area contributed by atoms with Crippen molar-refractivity contribution in [3.63, 3.8) is 0 Å². The third-order valence-electron chi connectivity index (χ3n) is 18.4. The number of nitrogens with zero attached hydrogens (tertiary/aromatic N) is 2. The first-order chi connectivity index (χ1) is 38.3. The molecule has 6 heteroatoms. The molecule has 11 aromatic rings. The highest BCUT2D eigenvalue weighted by atomic mass is 16.2. The molecule has 0 aliphatic heterocycles. The summed E-state index contributed by atoms with van der Waals surface area (Å²) in [6.07, 6.45) is 28.8. The highest BCUT2D eigenvalue weighted by Crippen LogP contribution is 2.49. The maximum absolute atomic E-state index is 15.6. The fourth-order valence-corrected chi connectivity index (χ4v) is 14.5. The van der Waals surface area contributed by atoms with Gasteiger partial charge < -0.3 is 0 Å². The highest BCUT2D eigenvalue weighted by Gasteiger charge is 2.29. The summed E-state index contributed by atoms with van der Waals surface area (Å²) in [7, 11) is 0. The Balaban J connectivity index is 1.14. The summed E-state index contributed by atoms with van der Waals surface area (Å²) >= 11 is 0. The molecule has 0 saturated carbocycles. The largest absolute Gasteiger partial charge is 0.271 e. The second-order valence-corrected chi connectivity index (χ2v) is 23.5. The number of fused-ring (bicyclic) bond motifs is 16. The predicted octanol–water partition coefficient (Wildman–Crippen LogP) is 19.9. The molecule has 0 bridgehead atoms. The van der Waals surface area contributed by atoms with Gasteiger partial charge in [-0.05, 0) is 113 Å². The lowest BCUT2D eigenvalue weighted by Crippen LogP contribution is -2.30. The van der Waals surface area contributed by atoms with Crippen LogP contribution in [0.5, 0.6) is 0 Å². The van der Waals surface area contributed by atoms with E-state index in [4.69, 9.17) is 0 Å². The van der Waals surface area contributed by atoms with E-state index in [1.807, 2.05) is 24.3 Å². The van der Waals surface area contributed by atoms with E-state index in [1.165, 1.54) is 64.2 Å². The van der Waals surface area contributed by atoms with Crippen molar-refractivity contribution in [1.29, 1.82) is 0 Å². The van der Waals surface area contributed by atoms with E-state index < -0.39 is 0 Å². The SMILES string of the molecule is CCCCCCCCCC(CCCCCC)n1c(=O)c2c3ccccc3c3cc4c5cccc6c5c(cc5c7ccccc7c7c(=O)n(C(CCCCCC)CCCCCCCCC)c(=O)c7c56)c5cccc(c54)c3c2c1=O. The number of aromatic nitrogens is 2. The van der Waals surface area contributed by atoms with Gasteiger partial charge in [0, 0.05) is 22.9 Å². The summed E-state index contributed by atoms with van der Waals surface area (Å²) in [4.78, 5) is 61.7. The van der Waals surface area contributed by atoms with Crippen LogP contribution in [0, 0.1) is 0 Å². The minimum absolute atomic E-state index is 0.148. The van der Waals surface area contributed by atoms with Crippen molar-refractivity contribution in [2.24, 2.45) is 0 Å². The third kappa shape index (κ3) is 9.51. The Morgan fingerprint density at radius 3 is 0.872 bits per heavy atom. The first-order valence-corrected chi connectivity index (χ1v) is 31.0. The average Bonchev–Trinajstić information content (AvgIpc) is 3.79. The number of unbranched alkanes of at least 4 members (excludes halogenated alkanes) is 18. The summed E-state index contributed by atoms with van der Waals surface area (Å²) in [6.45, 7) is 8.97. The monoisotopic (exact) mass is 1040 g/mol. The molecule has 0 aliphatic rings. The fraction of sp³-hybridized carbons (Fsp3) is 0.444. The van der Waals surface area contributed by atoms with Crippen LogP contribution in [0.15, 0.2) is 116 Å². The standard InChI is InChI=1S/C72H82N2O4/c1-5-9-13-17-19-21-25-35-47(33-23-15-11-7-3)73-69(75)65-51-39-29-27-37-49(51)57-45-59-54-42-32-44-56-62(54)60(53-41-31-43-55(61(53)59)63(57)67(65)71(73)77)46-58-50-38-28-30-40-52(50)66-68(64(56)58)72(78)74(70(66)76)48(34-24-16-12-8-4)36-26-22-20-18-14-10-6-2/h27-32,37-48H,5-26,33-36H2,1-4H3. The van der Waals surface area contributed by atoms with E-state index >= 15 is 19.2 Å². The predicted molar refractivity (Wildman–Crippen MR) is 337 cm³/mol. The van der Waals surface area contributed by atoms with E-state index in [9.17, 15) is 0 Å². The molecule has 0 N–H and O–H groups in total. The number of rotatable bonds is 28. The summed E-state index contributed by atoms with van der Waals surface area (Å²) in [5, 5.41) is 17.8. The molecule has 2 unspecified atom stereocenters. The molecule has 11 rings (SSSR count). The molecule has 6 nitrogen and oxygen atoms in total. The van der Waals surface area contributed by atoms with Crippen molar-refractivity contribution in [2.45, 2.75) is 207 Å². The van der Waals surface area contributed by atoms with Gasteiger partial charge in [0.25, 0.3) is 22.2 Å². The van der Waals surface area contributed by atoms with Crippen LogP contribution in [0.2, 0.25) is 0 Å². The minimum atomic E-state index is -0.154. The van der Waals surface area contributed by atoms with E-state index in [0.717, 1.165) is 189 Å². The first-order valence-electron chi connectivity index (χ1n) is 31.0. The summed E-state index contributed by atoms with van der Waals surface area (Å²) < 4.78 is 3.39. The van der Waals surface area contributed by atoms with Crippen molar-refractivity contribution in [3.8, 4) is 0 Å². The first kappa shape index (κ1) is 53.6. The molecule has 0 aliphatic carbocycles. The Labute approximate surface area is 459 Å². The van der Waals surface area contributed by atoms with Gasteiger partial charge in [-0.25, -0.2) is 0 Å². The van der Waals surface area contributed by atoms with Gasteiger partial charge in [0.15, 0.2) is 0 Å². The number of hydrogen-bond acceptors (Lipinski definition) is 4. The van der Waals surface area contributed by atoms with Crippen LogP contribution in [-0.2, 0) is 0 Å².